The SMILES string of the molecule is COc1ccc(CN2Cc3cc(NC(=O)OC(C)(C)C)cc(F)c3C2=O)cc1. The minimum absolute atomic E-state index is 0.0447. The van der Waals surface area contributed by atoms with Crippen LogP contribution in [0.1, 0.15) is 42.3 Å². The number of anilines is 1. The van der Waals surface area contributed by atoms with E-state index in [0.717, 1.165) is 17.4 Å². The van der Waals surface area contributed by atoms with Gasteiger partial charge >= 0.3 is 6.09 Å². The van der Waals surface area contributed by atoms with Gasteiger partial charge < -0.3 is 14.4 Å². The van der Waals surface area contributed by atoms with Gasteiger partial charge in [0.15, 0.2) is 0 Å². The largest absolute Gasteiger partial charge is 0.497 e. The molecule has 0 spiro atoms. The lowest BCUT2D eigenvalue weighted by atomic mass is 10.1. The Balaban J connectivity index is 1.75. The van der Waals surface area contributed by atoms with Crippen molar-refractivity contribution in [2.24, 2.45) is 0 Å². The van der Waals surface area contributed by atoms with E-state index in [-0.39, 0.29) is 23.7 Å². The van der Waals surface area contributed by atoms with Crippen molar-refractivity contribution in [2.45, 2.75) is 39.5 Å². The Morgan fingerprint density at radius 2 is 1.89 bits per heavy atom. The van der Waals surface area contributed by atoms with E-state index in [1.54, 1.807) is 38.8 Å². The molecular formula is C21H23FN2O4. The van der Waals surface area contributed by atoms with Gasteiger partial charge in [0.25, 0.3) is 5.91 Å². The van der Waals surface area contributed by atoms with E-state index < -0.39 is 17.5 Å². The van der Waals surface area contributed by atoms with Gasteiger partial charge in [-0.25, -0.2) is 9.18 Å². The minimum Gasteiger partial charge on any atom is -0.497 e. The fourth-order valence-electron chi connectivity index (χ4n) is 3.04. The van der Waals surface area contributed by atoms with Crippen molar-refractivity contribution >= 4 is 17.7 Å². The van der Waals surface area contributed by atoms with Crippen LogP contribution in [-0.2, 0) is 17.8 Å². The summed E-state index contributed by atoms with van der Waals surface area (Å²) in [5, 5.41) is 2.52. The Bertz CT molecular complexity index is 904. The zero-order chi connectivity index (χ0) is 20.5. The molecule has 0 aliphatic carbocycles. The maximum Gasteiger partial charge on any atom is 0.412 e. The maximum atomic E-state index is 14.5. The topological polar surface area (TPSA) is 67.9 Å². The van der Waals surface area contributed by atoms with E-state index in [1.165, 1.54) is 0 Å². The fourth-order valence-corrected chi connectivity index (χ4v) is 3.04. The molecule has 1 aliphatic heterocycles. The van der Waals surface area contributed by atoms with E-state index in [0.29, 0.717) is 12.1 Å². The molecule has 2 amide bonds. The third kappa shape index (κ3) is 4.42. The van der Waals surface area contributed by atoms with Gasteiger partial charge in [0.2, 0.25) is 0 Å². The van der Waals surface area contributed by atoms with Crippen LogP contribution in [-0.4, -0.2) is 29.6 Å². The van der Waals surface area contributed by atoms with Gasteiger partial charge in [-0.1, -0.05) is 12.1 Å². The standard InChI is InChI=1S/C21H23FN2O4/c1-21(2,3)28-20(26)23-15-9-14-12-24(19(25)18(14)17(22)10-15)11-13-5-7-16(27-4)8-6-13/h5-10H,11-12H2,1-4H3,(H,23,26). The number of amides is 2. The van der Waals surface area contributed by atoms with Gasteiger partial charge in [-0.2, -0.15) is 0 Å². The summed E-state index contributed by atoms with van der Waals surface area (Å²) in [5.41, 5.74) is 1.08. The van der Waals surface area contributed by atoms with Crippen LogP contribution in [0.4, 0.5) is 14.9 Å². The molecule has 0 aromatic heterocycles. The highest BCUT2D eigenvalue weighted by Gasteiger charge is 2.31. The summed E-state index contributed by atoms with van der Waals surface area (Å²) in [4.78, 5) is 26.1. The molecule has 0 bridgehead atoms. The second kappa shape index (κ2) is 7.50. The number of ether oxygens (including phenoxy) is 2. The van der Waals surface area contributed by atoms with Crippen LogP contribution in [0.15, 0.2) is 36.4 Å². The monoisotopic (exact) mass is 386 g/mol. The van der Waals surface area contributed by atoms with E-state index in [2.05, 4.69) is 5.32 Å². The average molecular weight is 386 g/mol. The van der Waals surface area contributed by atoms with Crippen LogP contribution in [0, 0.1) is 5.82 Å². The summed E-state index contributed by atoms with van der Waals surface area (Å²) in [6.45, 7) is 5.84. The number of halogens is 1. The number of hydrogen-bond acceptors (Lipinski definition) is 4. The molecule has 3 rings (SSSR count). The summed E-state index contributed by atoms with van der Waals surface area (Å²) >= 11 is 0. The number of hydrogen-bond donors (Lipinski definition) is 1. The molecule has 0 saturated heterocycles. The molecule has 0 saturated carbocycles. The van der Waals surface area contributed by atoms with Crippen molar-refractivity contribution in [3.05, 3.63) is 58.9 Å². The minimum atomic E-state index is -0.675. The van der Waals surface area contributed by atoms with Gasteiger partial charge in [0.1, 0.15) is 17.2 Å². The second-order valence-electron chi connectivity index (χ2n) is 7.63. The lowest BCUT2D eigenvalue weighted by molar-refractivity contribution is 0.0635. The highest BCUT2D eigenvalue weighted by atomic mass is 19.1. The van der Waals surface area contributed by atoms with Gasteiger partial charge in [0, 0.05) is 18.8 Å². The van der Waals surface area contributed by atoms with Gasteiger partial charge in [-0.15, -0.1) is 0 Å². The number of benzene rings is 2. The van der Waals surface area contributed by atoms with Crippen LogP contribution < -0.4 is 10.1 Å². The first-order valence-electron chi connectivity index (χ1n) is 8.91. The summed E-state index contributed by atoms with van der Waals surface area (Å²) in [5.74, 6) is -0.304. The van der Waals surface area contributed by atoms with E-state index in [9.17, 15) is 14.0 Å². The molecule has 0 atom stereocenters. The Hall–Kier alpha value is -3.09. The van der Waals surface area contributed by atoms with Crippen LogP contribution in [0.25, 0.3) is 0 Å². The normalized spacial score (nSPS) is 13.3. The summed E-state index contributed by atoms with van der Waals surface area (Å²) in [6.07, 6.45) is -0.675. The lowest BCUT2D eigenvalue weighted by Gasteiger charge is -2.19. The molecule has 2 aromatic rings. The van der Waals surface area contributed by atoms with E-state index in [4.69, 9.17) is 9.47 Å². The molecule has 1 heterocycles. The third-order valence-electron chi connectivity index (χ3n) is 4.21. The highest BCUT2D eigenvalue weighted by Crippen LogP contribution is 2.30. The summed E-state index contributed by atoms with van der Waals surface area (Å²) < 4.78 is 24.9. The molecule has 148 valence electrons. The fraction of sp³-hybridized carbons (Fsp3) is 0.333. The first kappa shape index (κ1) is 19.7. The van der Waals surface area contributed by atoms with Gasteiger partial charge in [-0.05, 0) is 56.2 Å². The Morgan fingerprint density at radius 3 is 2.50 bits per heavy atom. The second-order valence-corrected chi connectivity index (χ2v) is 7.63. The Labute approximate surface area is 163 Å². The first-order chi connectivity index (χ1) is 13.2. The van der Waals surface area contributed by atoms with Crippen molar-refractivity contribution in [1.82, 2.24) is 4.90 Å². The van der Waals surface area contributed by atoms with E-state index in [1.807, 2.05) is 24.3 Å². The number of methoxy groups -OCH3 is 1. The first-order valence-corrected chi connectivity index (χ1v) is 8.91. The van der Waals surface area contributed by atoms with Crippen LogP contribution in [0.2, 0.25) is 0 Å². The van der Waals surface area contributed by atoms with Crippen LogP contribution in [0.5, 0.6) is 5.75 Å². The molecule has 0 fully saturated rings. The van der Waals surface area contributed by atoms with Gasteiger partial charge in [-0.3, -0.25) is 10.1 Å². The van der Waals surface area contributed by atoms with Crippen molar-refractivity contribution in [2.75, 3.05) is 12.4 Å². The highest BCUT2D eigenvalue weighted by molar-refractivity contribution is 5.99. The molecule has 1 N–H and O–H groups in total. The number of nitrogens with zero attached hydrogens (tertiary/aromatic N) is 1. The van der Waals surface area contributed by atoms with Crippen molar-refractivity contribution in [3.8, 4) is 5.75 Å². The van der Waals surface area contributed by atoms with Crippen molar-refractivity contribution in [3.63, 3.8) is 0 Å². The number of fused-ring (bicyclic) bond motifs is 1. The molecule has 0 unspecified atom stereocenters. The number of nitrogens with one attached hydrogen (secondary N) is 1. The van der Waals surface area contributed by atoms with Gasteiger partial charge in [0.05, 0.1) is 12.7 Å². The van der Waals surface area contributed by atoms with Crippen molar-refractivity contribution in [1.29, 1.82) is 0 Å². The average Bonchev–Trinajstić information content (AvgIpc) is 2.89. The third-order valence-corrected chi connectivity index (χ3v) is 4.21. The Morgan fingerprint density at radius 1 is 1.21 bits per heavy atom. The molecule has 0 radical (unpaired) electrons. The molecule has 7 heteroatoms. The lowest BCUT2D eigenvalue weighted by Crippen LogP contribution is -2.27. The van der Waals surface area contributed by atoms with E-state index >= 15 is 0 Å². The molecule has 2 aromatic carbocycles. The van der Waals surface area contributed by atoms with Crippen LogP contribution >= 0.6 is 0 Å². The molecule has 1 aliphatic rings. The number of carbonyl (C=O) groups is 2. The number of rotatable bonds is 4. The predicted octanol–water partition coefficient (Wildman–Crippen LogP) is 4.34. The quantitative estimate of drug-likeness (QED) is 0.849. The molecular weight excluding hydrogens is 363 g/mol. The van der Waals surface area contributed by atoms with Crippen LogP contribution in [0.3, 0.4) is 0 Å². The number of carbonyl (C=O) groups excluding carboxylic acids is 2. The zero-order valence-corrected chi connectivity index (χ0v) is 16.3. The van der Waals surface area contributed by atoms with Crippen molar-refractivity contribution < 1.29 is 23.5 Å². The predicted molar refractivity (Wildman–Crippen MR) is 103 cm³/mol. The Kier molecular flexibility index (Phi) is 5.27. The zero-order valence-electron chi connectivity index (χ0n) is 16.3. The molecule has 6 nitrogen and oxygen atoms in total. The summed E-state index contributed by atoms with van der Waals surface area (Å²) in [7, 11) is 1.58. The maximum absolute atomic E-state index is 14.5. The smallest absolute Gasteiger partial charge is 0.412 e. The summed E-state index contributed by atoms with van der Waals surface area (Å²) in [6, 6.07) is 10.1. The molecule has 28 heavy (non-hydrogen) atoms.